The fourth-order valence-corrected chi connectivity index (χ4v) is 1.12. The third kappa shape index (κ3) is 2.57. The predicted molar refractivity (Wildman–Crippen MR) is 44.8 cm³/mol. The van der Waals surface area contributed by atoms with Gasteiger partial charge in [-0.15, -0.1) is 0 Å². The Labute approximate surface area is 76.5 Å². The molecule has 0 amide bonds. The van der Waals surface area contributed by atoms with Gasteiger partial charge in [-0.2, -0.15) is 0 Å². The molecule has 0 spiro atoms. The van der Waals surface area contributed by atoms with Crippen LogP contribution in [-0.2, 0) is 19.1 Å². The van der Waals surface area contributed by atoms with E-state index < -0.39 is 5.97 Å². The summed E-state index contributed by atoms with van der Waals surface area (Å²) in [5, 5.41) is 0. The lowest BCUT2D eigenvalue weighted by Gasteiger charge is -1.93. The van der Waals surface area contributed by atoms with E-state index >= 15 is 0 Å². The van der Waals surface area contributed by atoms with E-state index in [1.54, 1.807) is 6.08 Å². The van der Waals surface area contributed by atoms with Crippen LogP contribution < -0.4 is 0 Å². The van der Waals surface area contributed by atoms with Gasteiger partial charge in [-0.05, 0) is 12.3 Å². The standard InChI is InChI=1S/C9H12O4/c1-12-8(10)4-3-6-5-7(6)9(11)13-2/h3-4,6-7H,5H2,1-2H3/b4-3+/t6-,7+/m0/s1. The summed E-state index contributed by atoms with van der Waals surface area (Å²) in [7, 11) is 2.68. The molecule has 2 atom stereocenters. The zero-order chi connectivity index (χ0) is 9.84. The lowest BCUT2D eigenvalue weighted by atomic mass is 10.3. The second-order valence-electron chi connectivity index (χ2n) is 2.91. The number of hydrogen-bond donors (Lipinski definition) is 0. The van der Waals surface area contributed by atoms with E-state index in [0.29, 0.717) is 0 Å². The third-order valence-electron chi connectivity index (χ3n) is 2.02. The zero-order valence-corrected chi connectivity index (χ0v) is 7.65. The highest BCUT2D eigenvalue weighted by atomic mass is 16.5. The Kier molecular flexibility index (Phi) is 3.06. The maximum Gasteiger partial charge on any atom is 0.330 e. The molecule has 0 aromatic heterocycles. The van der Waals surface area contributed by atoms with Crippen molar-refractivity contribution in [2.75, 3.05) is 14.2 Å². The minimum atomic E-state index is -0.393. The van der Waals surface area contributed by atoms with Crippen LogP contribution in [-0.4, -0.2) is 26.2 Å². The number of ether oxygens (including phenoxy) is 2. The van der Waals surface area contributed by atoms with Crippen LogP contribution in [0.5, 0.6) is 0 Å². The Bertz CT molecular complexity index is 244. The van der Waals surface area contributed by atoms with Crippen LogP contribution in [0.15, 0.2) is 12.2 Å². The number of carbonyl (C=O) groups excluding carboxylic acids is 2. The molecular weight excluding hydrogens is 172 g/mol. The number of hydrogen-bond acceptors (Lipinski definition) is 4. The Balaban J connectivity index is 2.32. The summed E-state index contributed by atoms with van der Waals surface area (Å²) in [6.07, 6.45) is 3.79. The monoisotopic (exact) mass is 184 g/mol. The first-order valence-electron chi connectivity index (χ1n) is 4.03. The van der Waals surface area contributed by atoms with Crippen LogP contribution in [0.2, 0.25) is 0 Å². The molecule has 0 bridgehead atoms. The van der Waals surface area contributed by atoms with Gasteiger partial charge in [0.1, 0.15) is 0 Å². The van der Waals surface area contributed by atoms with Gasteiger partial charge in [-0.1, -0.05) is 6.08 Å². The molecular formula is C9H12O4. The highest BCUT2D eigenvalue weighted by Gasteiger charge is 2.42. The molecule has 0 aromatic rings. The van der Waals surface area contributed by atoms with Crippen LogP contribution >= 0.6 is 0 Å². The molecule has 0 radical (unpaired) electrons. The molecule has 1 saturated carbocycles. The fraction of sp³-hybridized carbons (Fsp3) is 0.556. The summed E-state index contributed by atoms with van der Waals surface area (Å²) < 4.78 is 8.96. The summed E-state index contributed by atoms with van der Waals surface area (Å²) in [5.41, 5.74) is 0. The Morgan fingerprint density at radius 1 is 1.31 bits per heavy atom. The molecule has 1 aliphatic rings. The molecule has 0 aromatic carbocycles. The van der Waals surface area contributed by atoms with Gasteiger partial charge >= 0.3 is 11.9 Å². The van der Waals surface area contributed by atoms with Crippen molar-refractivity contribution in [3.63, 3.8) is 0 Å². The lowest BCUT2D eigenvalue weighted by molar-refractivity contribution is -0.142. The summed E-state index contributed by atoms with van der Waals surface area (Å²) >= 11 is 0. The van der Waals surface area contributed by atoms with Gasteiger partial charge in [-0.3, -0.25) is 4.79 Å². The van der Waals surface area contributed by atoms with Gasteiger partial charge in [0.2, 0.25) is 0 Å². The summed E-state index contributed by atoms with van der Waals surface area (Å²) in [6, 6.07) is 0. The zero-order valence-electron chi connectivity index (χ0n) is 7.65. The van der Waals surface area contributed by atoms with E-state index in [4.69, 9.17) is 0 Å². The first-order valence-corrected chi connectivity index (χ1v) is 4.03. The second kappa shape index (κ2) is 4.07. The topological polar surface area (TPSA) is 52.6 Å². The van der Waals surface area contributed by atoms with Gasteiger partial charge < -0.3 is 9.47 Å². The summed E-state index contributed by atoms with van der Waals surface area (Å²) in [6.45, 7) is 0. The lowest BCUT2D eigenvalue weighted by Crippen LogP contribution is -2.03. The molecule has 0 N–H and O–H groups in total. The molecule has 1 aliphatic carbocycles. The minimum absolute atomic E-state index is 0.0640. The highest BCUT2D eigenvalue weighted by molar-refractivity contribution is 5.82. The average Bonchev–Trinajstić information content (AvgIpc) is 2.92. The highest BCUT2D eigenvalue weighted by Crippen LogP contribution is 2.40. The van der Waals surface area contributed by atoms with Gasteiger partial charge in [-0.25, -0.2) is 4.79 Å². The van der Waals surface area contributed by atoms with Crippen molar-refractivity contribution in [2.24, 2.45) is 11.8 Å². The van der Waals surface area contributed by atoms with Crippen molar-refractivity contribution in [1.29, 1.82) is 0 Å². The van der Waals surface area contributed by atoms with Crippen molar-refractivity contribution >= 4 is 11.9 Å². The molecule has 0 unspecified atom stereocenters. The normalized spacial score (nSPS) is 25.7. The Hall–Kier alpha value is -1.32. The van der Waals surface area contributed by atoms with E-state index in [2.05, 4.69) is 9.47 Å². The number of esters is 2. The van der Waals surface area contributed by atoms with E-state index in [-0.39, 0.29) is 17.8 Å². The molecule has 4 heteroatoms. The number of methoxy groups -OCH3 is 2. The van der Waals surface area contributed by atoms with Gasteiger partial charge in [0.25, 0.3) is 0 Å². The van der Waals surface area contributed by atoms with E-state index in [1.807, 2.05) is 0 Å². The third-order valence-corrected chi connectivity index (χ3v) is 2.02. The molecule has 13 heavy (non-hydrogen) atoms. The minimum Gasteiger partial charge on any atom is -0.469 e. The van der Waals surface area contributed by atoms with E-state index in [0.717, 1.165) is 6.42 Å². The molecule has 4 nitrogen and oxygen atoms in total. The van der Waals surface area contributed by atoms with Crippen LogP contribution in [0.3, 0.4) is 0 Å². The first kappa shape index (κ1) is 9.77. The number of rotatable bonds is 3. The summed E-state index contributed by atoms with van der Waals surface area (Å²) in [4.78, 5) is 21.6. The van der Waals surface area contributed by atoms with Crippen molar-refractivity contribution in [1.82, 2.24) is 0 Å². The molecule has 0 saturated heterocycles. The van der Waals surface area contributed by atoms with Crippen molar-refractivity contribution < 1.29 is 19.1 Å². The Morgan fingerprint density at radius 3 is 2.54 bits per heavy atom. The van der Waals surface area contributed by atoms with Crippen LogP contribution in [0.4, 0.5) is 0 Å². The van der Waals surface area contributed by atoms with Crippen LogP contribution in [0.25, 0.3) is 0 Å². The van der Waals surface area contributed by atoms with E-state index in [9.17, 15) is 9.59 Å². The van der Waals surface area contributed by atoms with Gasteiger partial charge in [0.15, 0.2) is 0 Å². The quantitative estimate of drug-likeness (QED) is 0.474. The number of allylic oxidation sites excluding steroid dienone is 1. The Morgan fingerprint density at radius 2 is 2.00 bits per heavy atom. The molecule has 72 valence electrons. The largest absolute Gasteiger partial charge is 0.469 e. The van der Waals surface area contributed by atoms with E-state index in [1.165, 1.54) is 20.3 Å². The maximum atomic E-state index is 10.9. The molecule has 1 fully saturated rings. The smallest absolute Gasteiger partial charge is 0.330 e. The molecule has 0 heterocycles. The second-order valence-corrected chi connectivity index (χ2v) is 2.91. The maximum absolute atomic E-state index is 10.9. The number of carbonyl (C=O) groups is 2. The summed E-state index contributed by atoms with van der Waals surface area (Å²) in [5.74, 6) is -0.521. The van der Waals surface area contributed by atoms with Gasteiger partial charge in [0.05, 0.1) is 20.1 Å². The van der Waals surface area contributed by atoms with Crippen molar-refractivity contribution in [3.05, 3.63) is 12.2 Å². The molecule has 1 rings (SSSR count). The average molecular weight is 184 g/mol. The fourth-order valence-electron chi connectivity index (χ4n) is 1.12. The first-order chi connectivity index (χ1) is 6.19. The molecule has 0 aliphatic heterocycles. The van der Waals surface area contributed by atoms with Gasteiger partial charge in [0, 0.05) is 6.08 Å². The predicted octanol–water partition coefficient (Wildman–Crippen LogP) is 0.525. The van der Waals surface area contributed by atoms with Crippen LogP contribution in [0, 0.1) is 11.8 Å². The van der Waals surface area contributed by atoms with Crippen molar-refractivity contribution in [3.8, 4) is 0 Å². The SMILES string of the molecule is COC(=O)/C=C/[C@H]1C[C@H]1C(=O)OC. The van der Waals surface area contributed by atoms with Crippen molar-refractivity contribution in [2.45, 2.75) is 6.42 Å². The van der Waals surface area contributed by atoms with Crippen LogP contribution in [0.1, 0.15) is 6.42 Å².